The Morgan fingerprint density at radius 1 is 1.06 bits per heavy atom. The molecule has 0 bridgehead atoms. The molecule has 4 amide bonds. The Labute approximate surface area is 210 Å². The number of benzene rings is 2. The van der Waals surface area contributed by atoms with E-state index in [4.69, 9.17) is 0 Å². The van der Waals surface area contributed by atoms with Crippen molar-refractivity contribution in [2.45, 2.75) is 51.1 Å². The van der Waals surface area contributed by atoms with E-state index >= 15 is 0 Å². The van der Waals surface area contributed by atoms with Gasteiger partial charge in [-0.2, -0.15) is 0 Å². The molecule has 190 valence electrons. The van der Waals surface area contributed by atoms with Gasteiger partial charge in [0.15, 0.2) is 0 Å². The first-order chi connectivity index (χ1) is 17.5. The lowest BCUT2D eigenvalue weighted by Crippen LogP contribution is -2.37. The average Bonchev–Trinajstić information content (AvgIpc) is 3.23. The van der Waals surface area contributed by atoms with E-state index in [0.717, 1.165) is 43.1 Å². The zero-order valence-corrected chi connectivity index (χ0v) is 20.4. The second kappa shape index (κ2) is 13.2. The second-order valence-electron chi connectivity index (χ2n) is 8.70. The molecular weight excluding hydrogens is 460 g/mol. The van der Waals surface area contributed by atoms with Crippen molar-refractivity contribution in [3.05, 3.63) is 64.7 Å². The molecule has 2 aromatic carbocycles. The van der Waals surface area contributed by atoms with Crippen molar-refractivity contribution >= 4 is 36.1 Å². The maximum Gasteiger partial charge on any atom is 0.255 e. The smallest absolute Gasteiger partial charge is 0.255 e. The van der Waals surface area contributed by atoms with Crippen LogP contribution >= 0.6 is 0 Å². The fourth-order valence-electron chi connectivity index (χ4n) is 4.33. The van der Waals surface area contributed by atoms with E-state index in [9.17, 15) is 24.0 Å². The number of rotatable bonds is 14. The summed E-state index contributed by atoms with van der Waals surface area (Å²) in [6, 6.07) is 11.7. The molecule has 0 radical (unpaired) electrons. The minimum Gasteiger partial charge on any atom is -0.359 e. The van der Waals surface area contributed by atoms with Gasteiger partial charge in [-0.15, -0.1) is 0 Å². The fraction of sp³-hybridized carbons (Fsp3) is 0.370. The Bertz CT molecular complexity index is 1100. The minimum atomic E-state index is -0.629. The van der Waals surface area contributed by atoms with Gasteiger partial charge in [-0.25, -0.2) is 0 Å². The summed E-state index contributed by atoms with van der Waals surface area (Å²) in [5, 5.41) is 7.97. The molecule has 1 heterocycles. The lowest BCUT2D eigenvalue weighted by molar-refractivity contribution is -0.121. The summed E-state index contributed by atoms with van der Waals surface area (Å²) in [5.74, 6) is -0.487. The highest BCUT2D eigenvalue weighted by Crippen LogP contribution is 2.29. The molecule has 0 spiro atoms. The van der Waals surface area contributed by atoms with Crippen LogP contribution in [-0.2, 0) is 27.3 Å². The SMILES string of the molecule is CNC(=O)CCC(C=O)N1Cc2c(CCCCCNC(=O)c3ccc(NC=O)cc3)cccc2C1=O. The third-order valence-corrected chi connectivity index (χ3v) is 6.38. The molecule has 1 unspecified atom stereocenters. The van der Waals surface area contributed by atoms with E-state index < -0.39 is 6.04 Å². The van der Waals surface area contributed by atoms with Crippen LogP contribution in [0.5, 0.6) is 0 Å². The number of anilines is 1. The van der Waals surface area contributed by atoms with Crippen LogP contribution in [0.3, 0.4) is 0 Å². The fourth-order valence-corrected chi connectivity index (χ4v) is 4.33. The van der Waals surface area contributed by atoms with Crippen molar-refractivity contribution in [2.75, 3.05) is 18.9 Å². The van der Waals surface area contributed by atoms with Crippen LogP contribution in [0.1, 0.15) is 63.9 Å². The van der Waals surface area contributed by atoms with Crippen molar-refractivity contribution < 1.29 is 24.0 Å². The number of aldehydes is 1. The molecule has 3 rings (SSSR count). The van der Waals surface area contributed by atoms with E-state index in [1.165, 1.54) is 0 Å². The van der Waals surface area contributed by atoms with Gasteiger partial charge in [0.1, 0.15) is 6.29 Å². The highest BCUT2D eigenvalue weighted by atomic mass is 16.2. The number of amides is 4. The standard InChI is InChI=1S/C27H32N4O5/c1-28-25(34)14-13-22(17-32)31-16-24-19(7-5-8-23(24)27(31)36)6-3-2-4-15-29-26(35)20-9-11-21(12-10-20)30-18-33/h5,7-12,17-18,22H,2-4,6,13-16H2,1H3,(H,28,34)(H,29,35)(H,30,33). The van der Waals surface area contributed by atoms with Gasteiger partial charge in [0, 0.05) is 43.4 Å². The molecule has 36 heavy (non-hydrogen) atoms. The Hall–Kier alpha value is -4.01. The van der Waals surface area contributed by atoms with Gasteiger partial charge in [-0.05, 0) is 67.1 Å². The summed E-state index contributed by atoms with van der Waals surface area (Å²) < 4.78 is 0. The Morgan fingerprint density at radius 2 is 1.83 bits per heavy atom. The van der Waals surface area contributed by atoms with Crippen LogP contribution in [0.2, 0.25) is 0 Å². The lowest BCUT2D eigenvalue weighted by atomic mass is 9.98. The van der Waals surface area contributed by atoms with Crippen molar-refractivity contribution in [1.82, 2.24) is 15.5 Å². The molecule has 0 fully saturated rings. The van der Waals surface area contributed by atoms with Crippen LogP contribution in [0.15, 0.2) is 42.5 Å². The molecule has 0 aliphatic carbocycles. The van der Waals surface area contributed by atoms with Gasteiger partial charge in [0.05, 0.1) is 6.04 Å². The van der Waals surface area contributed by atoms with E-state index in [0.29, 0.717) is 42.7 Å². The van der Waals surface area contributed by atoms with Crippen LogP contribution < -0.4 is 16.0 Å². The summed E-state index contributed by atoms with van der Waals surface area (Å²) >= 11 is 0. The van der Waals surface area contributed by atoms with Crippen LogP contribution in [0.4, 0.5) is 5.69 Å². The number of hydrogen-bond donors (Lipinski definition) is 3. The van der Waals surface area contributed by atoms with Gasteiger partial charge < -0.3 is 25.6 Å². The first kappa shape index (κ1) is 26.6. The number of aryl methyl sites for hydroxylation is 1. The summed E-state index contributed by atoms with van der Waals surface area (Å²) in [6.45, 7) is 0.928. The molecule has 2 aromatic rings. The summed E-state index contributed by atoms with van der Waals surface area (Å²) in [4.78, 5) is 60.4. The highest BCUT2D eigenvalue weighted by Gasteiger charge is 2.33. The van der Waals surface area contributed by atoms with Gasteiger partial charge in [0.2, 0.25) is 12.3 Å². The van der Waals surface area contributed by atoms with Crippen molar-refractivity contribution in [2.24, 2.45) is 0 Å². The van der Waals surface area contributed by atoms with Crippen molar-refractivity contribution in [3.8, 4) is 0 Å². The maximum absolute atomic E-state index is 12.9. The first-order valence-corrected chi connectivity index (χ1v) is 12.1. The Balaban J connectivity index is 1.45. The predicted octanol–water partition coefficient (Wildman–Crippen LogP) is 2.45. The summed E-state index contributed by atoms with van der Waals surface area (Å²) in [5.41, 5.74) is 3.83. The highest BCUT2D eigenvalue weighted by molar-refractivity contribution is 6.00. The normalized spacial score (nSPS) is 13.0. The third kappa shape index (κ3) is 6.78. The number of nitrogens with one attached hydrogen (secondary N) is 3. The van der Waals surface area contributed by atoms with Crippen LogP contribution in [-0.4, -0.2) is 55.0 Å². The lowest BCUT2D eigenvalue weighted by Gasteiger charge is -2.22. The Morgan fingerprint density at radius 3 is 2.53 bits per heavy atom. The summed E-state index contributed by atoms with van der Waals surface area (Å²) in [7, 11) is 1.55. The van der Waals surface area contributed by atoms with Gasteiger partial charge in [-0.3, -0.25) is 19.2 Å². The number of unbranched alkanes of at least 4 members (excludes halogenated alkanes) is 2. The molecular formula is C27H32N4O5. The second-order valence-corrected chi connectivity index (χ2v) is 8.70. The maximum atomic E-state index is 12.9. The van der Waals surface area contributed by atoms with Crippen LogP contribution in [0, 0.1) is 0 Å². The Kier molecular flexibility index (Phi) is 9.73. The third-order valence-electron chi connectivity index (χ3n) is 6.38. The molecule has 0 saturated carbocycles. The number of fused-ring (bicyclic) bond motifs is 1. The number of nitrogens with zero attached hydrogens (tertiary/aromatic N) is 1. The molecule has 9 heteroatoms. The molecule has 1 aliphatic heterocycles. The average molecular weight is 493 g/mol. The molecule has 0 aromatic heterocycles. The summed E-state index contributed by atoms with van der Waals surface area (Å²) in [6.07, 6.45) is 5.25. The predicted molar refractivity (Wildman–Crippen MR) is 135 cm³/mol. The van der Waals surface area contributed by atoms with Crippen molar-refractivity contribution in [3.63, 3.8) is 0 Å². The molecule has 1 atom stereocenters. The topological polar surface area (TPSA) is 125 Å². The number of carbonyl (C=O) groups is 5. The number of hydrogen-bond acceptors (Lipinski definition) is 5. The zero-order valence-electron chi connectivity index (χ0n) is 20.4. The molecule has 3 N–H and O–H groups in total. The minimum absolute atomic E-state index is 0.159. The van der Waals surface area contributed by atoms with Gasteiger partial charge in [0.25, 0.3) is 11.8 Å². The van der Waals surface area contributed by atoms with E-state index in [2.05, 4.69) is 16.0 Å². The molecule has 9 nitrogen and oxygen atoms in total. The van der Waals surface area contributed by atoms with Crippen molar-refractivity contribution in [1.29, 1.82) is 0 Å². The van der Waals surface area contributed by atoms with Gasteiger partial charge >= 0.3 is 0 Å². The quantitative estimate of drug-likeness (QED) is 0.276. The molecule has 1 aliphatic rings. The van der Waals surface area contributed by atoms with Crippen LogP contribution in [0.25, 0.3) is 0 Å². The van der Waals surface area contributed by atoms with E-state index in [1.807, 2.05) is 12.1 Å². The van der Waals surface area contributed by atoms with E-state index in [1.54, 1.807) is 42.3 Å². The first-order valence-electron chi connectivity index (χ1n) is 12.1. The zero-order chi connectivity index (χ0) is 25.9. The largest absolute Gasteiger partial charge is 0.359 e. The molecule has 0 saturated heterocycles. The van der Waals surface area contributed by atoms with Gasteiger partial charge in [-0.1, -0.05) is 18.6 Å². The van der Waals surface area contributed by atoms with E-state index in [-0.39, 0.29) is 24.1 Å². The number of carbonyl (C=O) groups excluding carboxylic acids is 5. The monoisotopic (exact) mass is 492 g/mol.